The minimum Gasteiger partial charge on any atom is -0.352 e. The van der Waals surface area contributed by atoms with Gasteiger partial charge in [-0.2, -0.15) is 0 Å². The number of carbonyl (C=O) groups is 1. The molecule has 0 aliphatic heterocycles. The normalized spacial score (nSPS) is 14.7. The van der Waals surface area contributed by atoms with E-state index in [1.807, 2.05) is 23.6 Å². The molecule has 1 aliphatic rings. The third kappa shape index (κ3) is 3.94. The molecule has 28 heavy (non-hydrogen) atoms. The largest absolute Gasteiger partial charge is 0.352 e. The Morgan fingerprint density at radius 2 is 1.89 bits per heavy atom. The number of aryl methyl sites for hydroxylation is 2. The zero-order valence-electron chi connectivity index (χ0n) is 16.2. The predicted molar refractivity (Wildman–Crippen MR) is 111 cm³/mol. The van der Waals surface area contributed by atoms with Gasteiger partial charge in [-0.15, -0.1) is 10.2 Å². The molecule has 2 heterocycles. The SMILES string of the molecule is Cc1ccc(-n2c(S[C@@H](C)C(=O)NC3CC3)nnc2-c2ccncc2)cc1C. The molecule has 0 spiro atoms. The smallest absolute Gasteiger partial charge is 0.233 e. The van der Waals surface area contributed by atoms with Gasteiger partial charge in [0.1, 0.15) is 0 Å². The molecule has 1 amide bonds. The number of hydrogen-bond donors (Lipinski definition) is 1. The van der Waals surface area contributed by atoms with Crippen LogP contribution < -0.4 is 5.32 Å². The number of rotatable bonds is 6. The number of nitrogens with zero attached hydrogens (tertiary/aromatic N) is 4. The van der Waals surface area contributed by atoms with Crippen LogP contribution in [0.4, 0.5) is 0 Å². The van der Waals surface area contributed by atoms with Gasteiger partial charge in [-0.3, -0.25) is 14.3 Å². The highest BCUT2D eigenvalue weighted by Crippen LogP contribution is 2.31. The minimum absolute atomic E-state index is 0.0487. The zero-order chi connectivity index (χ0) is 19.7. The molecule has 1 aliphatic carbocycles. The van der Waals surface area contributed by atoms with E-state index < -0.39 is 0 Å². The Morgan fingerprint density at radius 1 is 1.14 bits per heavy atom. The Morgan fingerprint density at radius 3 is 2.57 bits per heavy atom. The van der Waals surface area contributed by atoms with E-state index in [9.17, 15) is 4.79 Å². The van der Waals surface area contributed by atoms with E-state index in [0.717, 1.165) is 29.9 Å². The van der Waals surface area contributed by atoms with E-state index in [1.165, 1.54) is 22.9 Å². The molecule has 0 unspecified atom stereocenters. The van der Waals surface area contributed by atoms with E-state index >= 15 is 0 Å². The van der Waals surface area contributed by atoms with Crippen LogP contribution in [0.2, 0.25) is 0 Å². The highest BCUT2D eigenvalue weighted by Gasteiger charge is 2.27. The van der Waals surface area contributed by atoms with Crippen molar-refractivity contribution in [2.75, 3.05) is 0 Å². The Labute approximate surface area is 168 Å². The van der Waals surface area contributed by atoms with Crippen LogP contribution in [0.5, 0.6) is 0 Å². The molecule has 144 valence electrons. The first kappa shape index (κ1) is 18.7. The first-order chi connectivity index (χ1) is 13.5. The van der Waals surface area contributed by atoms with Gasteiger partial charge in [0.15, 0.2) is 11.0 Å². The van der Waals surface area contributed by atoms with Gasteiger partial charge in [0.25, 0.3) is 0 Å². The van der Waals surface area contributed by atoms with Crippen molar-refractivity contribution in [1.82, 2.24) is 25.1 Å². The summed E-state index contributed by atoms with van der Waals surface area (Å²) in [5, 5.41) is 12.4. The van der Waals surface area contributed by atoms with Crippen molar-refractivity contribution < 1.29 is 4.79 Å². The lowest BCUT2D eigenvalue weighted by Gasteiger charge is -2.14. The van der Waals surface area contributed by atoms with Gasteiger partial charge in [0.05, 0.1) is 10.9 Å². The summed E-state index contributed by atoms with van der Waals surface area (Å²) in [5.41, 5.74) is 4.34. The van der Waals surface area contributed by atoms with Crippen molar-refractivity contribution in [3.8, 4) is 17.1 Å². The first-order valence-corrected chi connectivity index (χ1v) is 10.3. The first-order valence-electron chi connectivity index (χ1n) is 9.43. The second kappa shape index (κ2) is 7.75. The molecule has 0 bridgehead atoms. The van der Waals surface area contributed by atoms with Gasteiger partial charge in [-0.1, -0.05) is 17.8 Å². The minimum atomic E-state index is -0.250. The van der Waals surface area contributed by atoms with Crippen LogP contribution in [0.25, 0.3) is 17.1 Å². The molecule has 7 heteroatoms. The second-order valence-electron chi connectivity index (χ2n) is 7.19. The summed E-state index contributed by atoms with van der Waals surface area (Å²) in [6.45, 7) is 6.09. The van der Waals surface area contributed by atoms with Crippen LogP contribution in [-0.4, -0.2) is 36.9 Å². The molecule has 6 nitrogen and oxygen atoms in total. The summed E-state index contributed by atoms with van der Waals surface area (Å²) in [5.74, 6) is 0.788. The van der Waals surface area contributed by atoms with Crippen molar-refractivity contribution >= 4 is 17.7 Å². The maximum atomic E-state index is 12.4. The fourth-order valence-corrected chi connectivity index (χ4v) is 3.77. The summed E-state index contributed by atoms with van der Waals surface area (Å²) in [6, 6.07) is 10.5. The summed E-state index contributed by atoms with van der Waals surface area (Å²) in [4.78, 5) is 16.5. The Bertz CT molecular complexity index is 997. The molecule has 1 saturated carbocycles. The van der Waals surface area contributed by atoms with Gasteiger partial charge in [-0.25, -0.2) is 0 Å². The quantitative estimate of drug-likeness (QED) is 0.647. The topological polar surface area (TPSA) is 72.7 Å². The average molecular weight is 394 g/mol. The third-order valence-electron chi connectivity index (χ3n) is 4.90. The highest BCUT2D eigenvalue weighted by molar-refractivity contribution is 8.00. The van der Waals surface area contributed by atoms with Crippen LogP contribution in [0, 0.1) is 13.8 Å². The number of thioether (sulfide) groups is 1. The van der Waals surface area contributed by atoms with E-state index in [-0.39, 0.29) is 11.2 Å². The molecule has 1 fully saturated rings. The summed E-state index contributed by atoms with van der Waals surface area (Å²) < 4.78 is 2.02. The number of nitrogens with one attached hydrogen (secondary N) is 1. The van der Waals surface area contributed by atoms with Crippen LogP contribution in [0.15, 0.2) is 47.9 Å². The van der Waals surface area contributed by atoms with Crippen molar-refractivity contribution in [3.05, 3.63) is 53.9 Å². The number of aromatic nitrogens is 4. The van der Waals surface area contributed by atoms with Crippen LogP contribution in [-0.2, 0) is 4.79 Å². The van der Waals surface area contributed by atoms with Gasteiger partial charge >= 0.3 is 0 Å². The van der Waals surface area contributed by atoms with Gasteiger partial charge < -0.3 is 5.32 Å². The number of hydrogen-bond acceptors (Lipinski definition) is 5. The van der Waals surface area contributed by atoms with Gasteiger partial charge in [-0.05, 0) is 69.0 Å². The van der Waals surface area contributed by atoms with E-state index in [2.05, 4.69) is 52.5 Å². The summed E-state index contributed by atoms with van der Waals surface area (Å²) >= 11 is 1.43. The molecule has 1 aromatic carbocycles. The Hall–Kier alpha value is -2.67. The van der Waals surface area contributed by atoms with Gasteiger partial charge in [0.2, 0.25) is 5.91 Å². The second-order valence-corrected chi connectivity index (χ2v) is 8.50. The molecular formula is C21H23N5OS. The molecule has 0 radical (unpaired) electrons. The fourth-order valence-electron chi connectivity index (χ4n) is 2.89. The van der Waals surface area contributed by atoms with Crippen molar-refractivity contribution in [2.24, 2.45) is 0 Å². The van der Waals surface area contributed by atoms with Crippen molar-refractivity contribution in [2.45, 2.75) is 50.1 Å². The molecule has 3 aromatic rings. The monoisotopic (exact) mass is 393 g/mol. The lowest BCUT2D eigenvalue weighted by molar-refractivity contribution is -0.120. The van der Waals surface area contributed by atoms with Gasteiger partial charge in [0, 0.05) is 24.0 Å². The number of amides is 1. The number of benzene rings is 1. The molecule has 4 rings (SSSR count). The molecule has 2 aromatic heterocycles. The highest BCUT2D eigenvalue weighted by atomic mass is 32.2. The fraction of sp³-hybridized carbons (Fsp3) is 0.333. The average Bonchev–Trinajstić information content (AvgIpc) is 3.42. The van der Waals surface area contributed by atoms with Crippen LogP contribution >= 0.6 is 11.8 Å². The molecule has 0 saturated heterocycles. The Kier molecular flexibility index (Phi) is 5.17. The molecular weight excluding hydrogens is 370 g/mol. The summed E-state index contributed by atoms with van der Waals surface area (Å²) in [7, 11) is 0. The number of carbonyl (C=O) groups excluding carboxylic acids is 1. The lowest BCUT2D eigenvalue weighted by atomic mass is 10.1. The van der Waals surface area contributed by atoms with Crippen LogP contribution in [0.3, 0.4) is 0 Å². The molecule has 1 N–H and O–H groups in total. The standard InChI is InChI=1S/C21H23N5OS/c1-13-4-7-18(12-14(13)2)26-19(16-8-10-22-11-9-16)24-25-21(26)28-15(3)20(27)23-17-5-6-17/h4,7-12,15,17H,5-6H2,1-3H3,(H,23,27)/t15-/m0/s1. The summed E-state index contributed by atoms with van der Waals surface area (Å²) in [6.07, 6.45) is 5.64. The van der Waals surface area contributed by atoms with E-state index in [1.54, 1.807) is 12.4 Å². The third-order valence-corrected chi connectivity index (χ3v) is 5.94. The Balaban J connectivity index is 1.72. The van der Waals surface area contributed by atoms with Crippen molar-refractivity contribution in [1.29, 1.82) is 0 Å². The predicted octanol–water partition coefficient (Wildman–Crippen LogP) is 3.71. The van der Waals surface area contributed by atoms with E-state index in [0.29, 0.717) is 11.2 Å². The maximum Gasteiger partial charge on any atom is 0.233 e. The number of pyridine rings is 1. The van der Waals surface area contributed by atoms with Crippen molar-refractivity contribution in [3.63, 3.8) is 0 Å². The zero-order valence-corrected chi connectivity index (χ0v) is 17.0. The van der Waals surface area contributed by atoms with Crippen LogP contribution in [0.1, 0.15) is 30.9 Å². The maximum absolute atomic E-state index is 12.4. The van der Waals surface area contributed by atoms with E-state index in [4.69, 9.17) is 0 Å². The molecule has 1 atom stereocenters. The lowest BCUT2D eigenvalue weighted by Crippen LogP contribution is -2.32.